The van der Waals surface area contributed by atoms with Gasteiger partial charge in [-0.2, -0.15) is 0 Å². The Morgan fingerprint density at radius 3 is 2.78 bits per heavy atom. The third-order valence-corrected chi connectivity index (χ3v) is 4.23. The molecule has 3 aromatic rings. The zero-order valence-electron chi connectivity index (χ0n) is 12.0. The number of nitrogens with two attached hydrogens (primary N) is 1. The molecule has 8 heteroatoms. The summed E-state index contributed by atoms with van der Waals surface area (Å²) in [5.74, 6) is -0.399. The maximum atomic E-state index is 11.6. The van der Waals surface area contributed by atoms with E-state index in [1.54, 1.807) is 6.07 Å². The van der Waals surface area contributed by atoms with Crippen LogP contribution in [0.25, 0.3) is 22.0 Å². The molecule has 0 aliphatic rings. The summed E-state index contributed by atoms with van der Waals surface area (Å²) < 4.78 is 5.05. The van der Waals surface area contributed by atoms with Crippen molar-refractivity contribution in [2.45, 2.75) is 0 Å². The van der Waals surface area contributed by atoms with Crippen LogP contribution >= 0.6 is 22.9 Å². The first-order chi connectivity index (χ1) is 11.1. The van der Waals surface area contributed by atoms with Gasteiger partial charge in [-0.25, -0.2) is 15.0 Å². The van der Waals surface area contributed by atoms with Crippen LogP contribution in [0.15, 0.2) is 35.8 Å². The third-order valence-electron chi connectivity index (χ3n) is 3.05. The van der Waals surface area contributed by atoms with E-state index in [0.717, 1.165) is 5.56 Å². The van der Waals surface area contributed by atoms with E-state index in [0.29, 0.717) is 21.4 Å². The van der Waals surface area contributed by atoms with Gasteiger partial charge in [-0.05, 0) is 6.07 Å². The number of hydrogen-bond donors (Lipinski definition) is 1. The second kappa shape index (κ2) is 6.31. The summed E-state index contributed by atoms with van der Waals surface area (Å²) in [7, 11) is 1.47. The summed E-state index contributed by atoms with van der Waals surface area (Å²) in [5, 5.41) is 2.94. The normalized spacial score (nSPS) is 10.5. The van der Waals surface area contributed by atoms with Crippen LogP contribution in [0.5, 0.6) is 5.88 Å². The van der Waals surface area contributed by atoms with E-state index in [-0.39, 0.29) is 11.6 Å². The summed E-state index contributed by atoms with van der Waals surface area (Å²) in [6.07, 6.45) is 1.34. The number of carbonyl (C=O) groups excluding carboxylic acids is 1. The number of halogens is 1. The van der Waals surface area contributed by atoms with Crippen molar-refractivity contribution >= 4 is 28.8 Å². The van der Waals surface area contributed by atoms with Gasteiger partial charge in [0.15, 0.2) is 5.69 Å². The molecule has 0 saturated heterocycles. The van der Waals surface area contributed by atoms with Crippen LogP contribution in [0.2, 0.25) is 5.02 Å². The van der Waals surface area contributed by atoms with E-state index in [2.05, 4.69) is 15.0 Å². The lowest BCUT2D eigenvalue weighted by Gasteiger charge is -2.04. The van der Waals surface area contributed by atoms with Crippen LogP contribution in [0.1, 0.15) is 10.5 Å². The van der Waals surface area contributed by atoms with Gasteiger partial charge in [0.2, 0.25) is 5.88 Å². The Morgan fingerprint density at radius 1 is 1.30 bits per heavy atom. The highest BCUT2D eigenvalue weighted by Gasteiger charge is 2.19. The summed E-state index contributed by atoms with van der Waals surface area (Å²) in [6.45, 7) is 0. The van der Waals surface area contributed by atoms with E-state index in [1.807, 2.05) is 23.6 Å². The average molecular weight is 347 g/mol. The van der Waals surface area contributed by atoms with E-state index in [1.165, 1.54) is 24.6 Å². The predicted octanol–water partition coefficient (Wildman–Crippen LogP) is 3.03. The molecule has 0 saturated carbocycles. The van der Waals surface area contributed by atoms with E-state index in [9.17, 15) is 4.79 Å². The molecule has 1 aromatic carbocycles. The van der Waals surface area contributed by atoms with Crippen LogP contribution in [0.4, 0.5) is 0 Å². The number of amides is 1. The second-order valence-corrected chi connectivity index (χ2v) is 5.76. The smallest absolute Gasteiger partial charge is 0.269 e. The molecule has 1 amide bonds. The highest BCUT2D eigenvalue weighted by atomic mass is 35.5. The van der Waals surface area contributed by atoms with E-state index >= 15 is 0 Å². The maximum Gasteiger partial charge on any atom is 0.269 e. The Morgan fingerprint density at radius 2 is 2.09 bits per heavy atom. The van der Waals surface area contributed by atoms with Crippen molar-refractivity contribution in [1.82, 2.24) is 15.0 Å². The molecule has 0 aliphatic carbocycles. The second-order valence-electron chi connectivity index (χ2n) is 4.49. The molecule has 6 nitrogen and oxygen atoms in total. The van der Waals surface area contributed by atoms with Gasteiger partial charge in [0, 0.05) is 16.0 Å². The Bertz CT molecular complexity index is 881. The zero-order valence-corrected chi connectivity index (χ0v) is 13.6. The van der Waals surface area contributed by atoms with E-state index < -0.39 is 5.91 Å². The molecule has 3 rings (SSSR count). The lowest BCUT2D eigenvalue weighted by Crippen LogP contribution is -2.15. The first-order valence-corrected chi connectivity index (χ1v) is 7.77. The van der Waals surface area contributed by atoms with Crippen molar-refractivity contribution in [1.29, 1.82) is 0 Å². The van der Waals surface area contributed by atoms with Crippen molar-refractivity contribution in [3.8, 4) is 27.8 Å². The van der Waals surface area contributed by atoms with Gasteiger partial charge in [-0.3, -0.25) is 4.79 Å². The molecule has 0 atom stereocenters. The topological polar surface area (TPSA) is 91.0 Å². The summed E-state index contributed by atoms with van der Waals surface area (Å²) in [5.41, 5.74) is 7.19. The highest BCUT2D eigenvalue weighted by Crippen LogP contribution is 2.33. The molecule has 0 radical (unpaired) electrons. The molecular weight excluding hydrogens is 336 g/mol. The minimum atomic E-state index is -0.676. The molecule has 23 heavy (non-hydrogen) atoms. The Labute approximate surface area is 140 Å². The summed E-state index contributed by atoms with van der Waals surface area (Å²) in [6, 6.07) is 7.38. The molecule has 2 heterocycles. The molecule has 0 aliphatic heterocycles. The number of carbonyl (C=O) groups is 1. The molecule has 116 valence electrons. The van der Waals surface area contributed by atoms with Crippen LogP contribution in [-0.4, -0.2) is 28.0 Å². The lowest BCUT2D eigenvalue weighted by atomic mass is 10.2. The SMILES string of the molecule is COc1cnc(C(N)=O)c(-c2nc(-c3ccccc3Cl)cs2)n1. The van der Waals surface area contributed by atoms with E-state index in [4.69, 9.17) is 22.1 Å². The number of thiazole rings is 1. The number of aromatic nitrogens is 3. The van der Waals surface area contributed by atoms with Crippen molar-refractivity contribution in [3.05, 3.63) is 46.6 Å². The quantitative estimate of drug-likeness (QED) is 0.784. The number of primary amides is 1. The fourth-order valence-corrected chi connectivity index (χ4v) is 3.02. The van der Waals surface area contributed by atoms with Crippen LogP contribution in [-0.2, 0) is 0 Å². The van der Waals surface area contributed by atoms with Gasteiger partial charge in [-0.15, -0.1) is 11.3 Å². The van der Waals surface area contributed by atoms with Gasteiger partial charge in [0.25, 0.3) is 5.91 Å². The third kappa shape index (κ3) is 3.01. The van der Waals surface area contributed by atoms with Crippen LogP contribution < -0.4 is 10.5 Å². The number of benzene rings is 1. The molecule has 2 aromatic heterocycles. The number of methoxy groups -OCH3 is 1. The zero-order chi connectivity index (χ0) is 16.4. The lowest BCUT2D eigenvalue weighted by molar-refractivity contribution is 0.0996. The Kier molecular flexibility index (Phi) is 4.22. The number of rotatable bonds is 4. The minimum Gasteiger partial charge on any atom is -0.480 e. The average Bonchev–Trinajstić information content (AvgIpc) is 3.04. The predicted molar refractivity (Wildman–Crippen MR) is 88.7 cm³/mol. The number of nitrogens with zero attached hydrogens (tertiary/aromatic N) is 3. The van der Waals surface area contributed by atoms with Gasteiger partial charge >= 0.3 is 0 Å². The highest BCUT2D eigenvalue weighted by molar-refractivity contribution is 7.13. The minimum absolute atomic E-state index is 0.0471. The maximum absolute atomic E-state index is 11.6. The summed E-state index contributed by atoms with van der Waals surface area (Å²) >= 11 is 7.51. The molecule has 0 fully saturated rings. The summed E-state index contributed by atoms with van der Waals surface area (Å²) in [4.78, 5) is 24.3. The Hall–Kier alpha value is -2.51. The first-order valence-electron chi connectivity index (χ1n) is 6.51. The van der Waals surface area contributed by atoms with Crippen molar-refractivity contribution in [3.63, 3.8) is 0 Å². The van der Waals surface area contributed by atoms with Gasteiger partial charge in [0.05, 0.1) is 19.0 Å². The first kappa shape index (κ1) is 15.4. The molecule has 0 spiro atoms. The number of hydrogen-bond acceptors (Lipinski definition) is 6. The van der Waals surface area contributed by atoms with Crippen LogP contribution in [0, 0.1) is 0 Å². The number of ether oxygens (including phenoxy) is 1. The fourth-order valence-electron chi connectivity index (χ4n) is 1.98. The molecule has 0 unspecified atom stereocenters. The van der Waals surface area contributed by atoms with Crippen molar-refractivity contribution < 1.29 is 9.53 Å². The fraction of sp³-hybridized carbons (Fsp3) is 0.0667. The van der Waals surface area contributed by atoms with Gasteiger partial charge in [-0.1, -0.05) is 29.8 Å². The standard InChI is InChI=1S/C15H11ClN4O2S/c1-22-11-6-18-12(14(17)21)13(20-11)15-19-10(7-23-15)8-4-2-3-5-9(8)16/h2-7H,1H3,(H2,17,21). The largest absolute Gasteiger partial charge is 0.480 e. The van der Waals surface area contributed by atoms with Gasteiger partial charge < -0.3 is 10.5 Å². The van der Waals surface area contributed by atoms with Gasteiger partial charge in [0.1, 0.15) is 10.7 Å². The monoisotopic (exact) mass is 346 g/mol. The van der Waals surface area contributed by atoms with Crippen LogP contribution in [0.3, 0.4) is 0 Å². The Balaban J connectivity index is 2.10. The molecule has 2 N–H and O–H groups in total. The van der Waals surface area contributed by atoms with Crippen molar-refractivity contribution in [2.75, 3.05) is 7.11 Å². The van der Waals surface area contributed by atoms with Crippen molar-refractivity contribution in [2.24, 2.45) is 5.73 Å². The molecular formula is C15H11ClN4O2S. The molecule has 0 bridgehead atoms.